The van der Waals surface area contributed by atoms with Gasteiger partial charge in [-0.1, -0.05) is 0 Å². The van der Waals surface area contributed by atoms with Gasteiger partial charge in [-0.05, 0) is 43.7 Å². The number of halogens is 1. The number of aromatic nitrogens is 2. The van der Waals surface area contributed by atoms with Crippen LogP contribution < -0.4 is 0 Å². The van der Waals surface area contributed by atoms with Crippen molar-refractivity contribution in [3.8, 4) is 11.5 Å². The molecule has 0 aliphatic carbocycles. The molecular formula is C14H16FN3O2. The summed E-state index contributed by atoms with van der Waals surface area (Å²) in [5.74, 6) is 0.603. The Balaban J connectivity index is 1.69. The molecule has 5 nitrogen and oxygen atoms in total. The minimum absolute atomic E-state index is 0.275. The maximum atomic E-state index is 12.9. The SMILES string of the molecule is O[C@H]1CCCN(Cc2nnc(-c3ccc(F)cc3)o2)C1. The maximum absolute atomic E-state index is 12.9. The molecule has 2 aromatic rings. The van der Waals surface area contributed by atoms with E-state index in [2.05, 4.69) is 15.1 Å². The molecule has 1 aliphatic heterocycles. The first-order chi connectivity index (χ1) is 9.70. The number of aliphatic hydroxyl groups is 1. The zero-order valence-corrected chi connectivity index (χ0v) is 11.0. The summed E-state index contributed by atoms with van der Waals surface area (Å²) in [7, 11) is 0. The fourth-order valence-corrected chi connectivity index (χ4v) is 2.39. The molecular weight excluding hydrogens is 261 g/mol. The number of β-amino-alcohol motifs (C(OH)–C–C–N with tert-alkyl or cyclic N) is 1. The summed E-state index contributed by atoms with van der Waals surface area (Å²) in [4.78, 5) is 2.09. The van der Waals surface area contributed by atoms with Crippen LogP contribution in [0.5, 0.6) is 0 Å². The standard InChI is InChI=1S/C14H16FN3O2/c15-11-5-3-10(4-6-11)14-17-16-13(20-14)9-18-7-1-2-12(19)8-18/h3-6,12,19H,1-2,7-9H2/t12-/m0/s1. The van der Waals surface area contributed by atoms with Crippen molar-refractivity contribution in [1.29, 1.82) is 0 Å². The molecule has 0 bridgehead atoms. The predicted molar refractivity (Wildman–Crippen MR) is 70.2 cm³/mol. The maximum Gasteiger partial charge on any atom is 0.247 e. The zero-order valence-electron chi connectivity index (χ0n) is 11.0. The van der Waals surface area contributed by atoms with Crippen LogP contribution in [-0.4, -0.2) is 39.4 Å². The smallest absolute Gasteiger partial charge is 0.247 e. The number of rotatable bonds is 3. The fourth-order valence-electron chi connectivity index (χ4n) is 2.39. The molecule has 0 saturated carbocycles. The summed E-state index contributed by atoms with van der Waals surface area (Å²) in [6.07, 6.45) is 1.55. The number of nitrogens with zero attached hydrogens (tertiary/aromatic N) is 3. The molecule has 20 heavy (non-hydrogen) atoms. The van der Waals surface area contributed by atoms with Gasteiger partial charge >= 0.3 is 0 Å². The van der Waals surface area contributed by atoms with Crippen LogP contribution in [0, 0.1) is 5.82 Å². The summed E-state index contributed by atoms with van der Waals surface area (Å²) in [5, 5.41) is 17.6. The third-order valence-corrected chi connectivity index (χ3v) is 3.40. The van der Waals surface area contributed by atoms with Crippen LogP contribution in [0.25, 0.3) is 11.5 Å². The van der Waals surface area contributed by atoms with Gasteiger partial charge in [0.1, 0.15) is 5.82 Å². The molecule has 1 N–H and O–H groups in total. The lowest BCUT2D eigenvalue weighted by atomic mass is 10.1. The topological polar surface area (TPSA) is 62.4 Å². The van der Waals surface area contributed by atoms with Crippen LogP contribution in [0.1, 0.15) is 18.7 Å². The van der Waals surface area contributed by atoms with Gasteiger partial charge in [0, 0.05) is 12.1 Å². The van der Waals surface area contributed by atoms with Gasteiger partial charge in [0.25, 0.3) is 0 Å². The van der Waals surface area contributed by atoms with E-state index in [1.165, 1.54) is 12.1 Å². The molecule has 2 heterocycles. The Morgan fingerprint density at radius 2 is 2.10 bits per heavy atom. The van der Waals surface area contributed by atoms with Gasteiger partial charge in [-0.2, -0.15) is 0 Å². The van der Waals surface area contributed by atoms with Gasteiger partial charge in [0.05, 0.1) is 12.6 Å². The summed E-state index contributed by atoms with van der Waals surface area (Å²) in [6, 6.07) is 5.94. The Hall–Kier alpha value is -1.79. The minimum Gasteiger partial charge on any atom is -0.419 e. The lowest BCUT2D eigenvalue weighted by Crippen LogP contribution is -2.37. The van der Waals surface area contributed by atoms with Gasteiger partial charge in [-0.15, -0.1) is 10.2 Å². The van der Waals surface area contributed by atoms with Crippen molar-refractivity contribution in [3.05, 3.63) is 36.0 Å². The zero-order chi connectivity index (χ0) is 13.9. The highest BCUT2D eigenvalue weighted by Crippen LogP contribution is 2.19. The fraction of sp³-hybridized carbons (Fsp3) is 0.429. The summed E-state index contributed by atoms with van der Waals surface area (Å²) in [5.41, 5.74) is 0.698. The van der Waals surface area contributed by atoms with E-state index < -0.39 is 0 Å². The summed E-state index contributed by atoms with van der Waals surface area (Å²) >= 11 is 0. The Kier molecular flexibility index (Phi) is 3.75. The Bertz CT molecular complexity index is 570. The van der Waals surface area contributed by atoms with Crippen molar-refractivity contribution in [2.75, 3.05) is 13.1 Å². The first-order valence-electron chi connectivity index (χ1n) is 6.69. The van der Waals surface area contributed by atoms with E-state index in [9.17, 15) is 9.50 Å². The average molecular weight is 277 g/mol. The quantitative estimate of drug-likeness (QED) is 0.927. The van der Waals surface area contributed by atoms with Crippen LogP contribution in [-0.2, 0) is 6.54 Å². The van der Waals surface area contributed by atoms with Crippen LogP contribution in [0.2, 0.25) is 0 Å². The summed E-state index contributed by atoms with van der Waals surface area (Å²) < 4.78 is 18.4. The molecule has 106 valence electrons. The minimum atomic E-state index is -0.296. The molecule has 1 aromatic heterocycles. The van der Waals surface area contributed by atoms with Gasteiger partial charge in [0.15, 0.2) is 0 Å². The number of benzene rings is 1. The second-order valence-electron chi connectivity index (χ2n) is 5.04. The highest BCUT2D eigenvalue weighted by atomic mass is 19.1. The van der Waals surface area contributed by atoms with Crippen molar-refractivity contribution in [3.63, 3.8) is 0 Å². The van der Waals surface area contributed by atoms with Gasteiger partial charge in [-0.3, -0.25) is 4.90 Å². The molecule has 1 aromatic carbocycles. The van der Waals surface area contributed by atoms with Crippen LogP contribution >= 0.6 is 0 Å². The Labute approximate surface area is 116 Å². The van der Waals surface area contributed by atoms with Crippen LogP contribution in [0.4, 0.5) is 4.39 Å². The van der Waals surface area contributed by atoms with E-state index in [0.29, 0.717) is 30.4 Å². The number of hydrogen-bond donors (Lipinski definition) is 1. The third kappa shape index (κ3) is 3.02. The van der Waals surface area contributed by atoms with E-state index in [0.717, 1.165) is 19.4 Å². The molecule has 1 atom stereocenters. The molecule has 1 saturated heterocycles. The molecule has 0 amide bonds. The number of piperidine rings is 1. The third-order valence-electron chi connectivity index (χ3n) is 3.40. The molecule has 1 aliphatic rings. The molecule has 0 radical (unpaired) electrons. The Morgan fingerprint density at radius 3 is 2.85 bits per heavy atom. The van der Waals surface area contributed by atoms with Crippen LogP contribution in [0.15, 0.2) is 28.7 Å². The van der Waals surface area contributed by atoms with Crippen molar-refractivity contribution in [1.82, 2.24) is 15.1 Å². The van der Waals surface area contributed by atoms with E-state index in [1.807, 2.05) is 0 Å². The Morgan fingerprint density at radius 1 is 1.30 bits per heavy atom. The monoisotopic (exact) mass is 277 g/mol. The largest absolute Gasteiger partial charge is 0.419 e. The lowest BCUT2D eigenvalue weighted by Gasteiger charge is -2.28. The van der Waals surface area contributed by atoms with E-state index in [1.54, 1.807) is 12.1 Å². The molecule has 3 rings (SSSR count). The highest BCUT2D eigenvalue weighted by molar-refractivity contribution is 5.51. The van der Waals surface area contributed by atoms with Gasteiger partial charge in [-0.25, -0.2) is 4.39 Å². The van der Waals surface area contributed by atoms with E-state index in [4.69, 9.17) is 4.42 Å². The average Bonchev–Trinajstić information content (AvgIpc) is 2.88. The second-order valence-corrected chi connectivity index (χ2v) is 5.04. The number of likely N-dealkylation sites (tertiary alicyclic amines) is 1. The summed E-state index contributed by atoms with van der Waals surface area (Å²) in [6.45, 7) is 2.09. The molecule has 0 spiro atoms. The van der Waals surface area contributed by atoms with E-state index in [-0.39, 0.29) is 11.9 Å². The number of hydrogen-bond acceptors (Lipinski definition) is 5. The predicted octanol–water partition coefficient (Wildman–Crippen LogP) is 1.83. The molecule has 1 fully saturated rings. The van der Waals surface area contributed by atoms with Gasteiger partial charge in [0.2, 0.25) is 11.8 Å². The molecule has 6 heteroatoms. The lowest BCUT2D eigenvalue weighted by molar-refractivity contribution is 0.0625. The molecule has 0 unspecified atom stereocenters. The van der Waals surface area contributed by atoms with Crippen molar-refractivity contribution in [2.45, 2.75) is 25.5 Å². The first kappa shape index (κ1) is 13.2. The van der Waals surface area contributed by atoms with E-state index >= 15 is 0 Å². The highest BCUT2D eigenvalue weighted by Gasteiger charge is 2.20. The van der Waals surface area contributed by atoms with Crippen molar-refractivity contribution >= 4 is 0 Å². The van der Waals surface area contributed by atoms with Crippen molar-refractivity contribution in [2.24, 2.45) is 0 Å². The normalized spacial score (nSPS) is 20.2. The first-order valence-corrected chi connectivity index (χ1v) is 6.69. The second kappa shape index (κ2) is 5.68. The van der Waals surface area contributed by atoms with Gasteiger partial charge < -0.3 is 9.52 Å². The number of aliphatic hydroxyl groups excluding tert-OH is 1. The van der Waals surface area contributed by atoms with Crippen molar-refractivity contribution < 1.29 is 13.9 Å². The van der Waals surface area contributed by atoms with Crippen LogP contribution in [0.3, 0.4) is 0 Å².